The number of phenolic OH excluding ortho intramolecular Hbond substituents is 1. The summed E-state index contributed by atoms with van der Waals surface area (Å²) in [5, 5.41) is 11.3. The Morgan fingerprint density at radius 1 is 0.909 bits per heavy atom. The Hall–Kier alpha value is -5.05. The SMILES string of the molecule is CC1CC(OC(=O)c2cccnc2)C(C(C)C)C(c2cncc(C(=O)Oc3ccc4c(c3)oc(=O)c3cc(O)ccc34)c2)C1. The second kappa shape index (κ2) is 11.9. The van der Waals surface area contributed by atoms with Crippen LogP contribution in [0.25, 0.3) is 21.7 Å². The zero-order valence-corrected chi connectivity index (χ0v) is 24.6. The number of pyridine rings is 2. The van der Waals surface area contributed by atoms with Crippen LogP contribution >= 0.6 is 0 Å². The fraction of sp³-hybridized carbons (Fsp3) is 0.286. The van der Waals surface area contributed by atoms with Gasteiger partial charge in [0, 0.05) is 47.5 Å². The zero-order chi connectivity index (χ0) is 31.0. The maximum atomic E-state index is 13.3. The van der Waals surface area contributed by atoms with E-state index in [9.17, 15) is 19.5 Å². The Morgan fingerprint density at radius 3 is 2.48 bits per heavy atom. The van der Waals surface area contributed by atoms with Crippen molar-refractivity contribution >= 4 is 33.7 Å². The number of ether oxygens (including phenoxy) is 2. The highest BCUT2D eigenvalue weighted by atomic mass is 16.5. The summed E-state index contributed by atoms with van der Waals surface area (Å²) in [5.74, 6) is -0.317. The summed E-state index contributed by atoms with van der Waals surface area (Å²) in [6.07, 6.45) is 7.65. The predicted octanol–water partition coefficient (Wildman–Crippen LogP) is 6.67. The highest BCUT2D eigenvalue weighted by Gasteiger charge is 2.41. The number of esters is 2. The Balaban J connectivity index is 1.25. The largest absolute Gasteiger partial charge is 0.508 e. The van der Waals surface area contributed by atoms with E-state index in [0.29, 0.717) is 16.3 Å². The molecule has 0 bridgehead atoms. The standard InChI is InChI=1S/C35H32N2O7/c1-19(2)32-28(11-20(3)12-31(32)44-33(39)21-5-4-10-36-16-21)22-13-23(18-37-17-22)34(40)42-25-7-9-27-26-8-6-24(38)14-29(26)35(41)43-30(27)15-25/h4-10,13-20,28,31-32,38H,11-12H2,1-3H3. The normalized spacial score (nSPS) is 20.1. The highest BCUT2D eigenvalue weighted by Crippen LogP contribution is 2.45. The molecule has 0 spiro atoms. The van der Waals surface area contributed by atoms with Gasteiger partial charge in [0.25, 0.3) is 0 Å². The van der Waals surface area contributed by atoms with Crippen molar-refractivity contribution in [1.82, 2.24) is 9.97 Å². The molecule has 1 N–H and O–H groups in total. The van der Waals surface area contributed by atoms with Crippen molar-refractivity contribution in [3.05, 3.63) is 106 Å². The molecule has 3 aromatic heterocycles. The average Bonchev–Trinajstić information content (AvgIpc) is 3.01. The van der Waals surface area contributed by atoms with Gasteiger partial charge in [-0.3, -0.25) is 9.97 Å². The minimum Gasteiger partial charge on any atom is -0.508 e. The first-order chi connectivity index (χ1) is 21.2. The lowest BCUT2D eigenvalue weighted by Gasteiger charge is -2.43. The summed E-state index contributed by atoms with van der Waals surface area (Å²) < 4.78 is 17.2. The molecule has 0 amide bonds. The first-order valence-corrected chi connectivity index (χ1v) is 14.7. The molecule has 1 fully saturated rings. The van der Waals surface area contributed by atoms with E-state index in [4.69, 9.17) is 13.9 Å². The van der Waals surface area contributed by atoms with Crippen molar-refractivity contribution in [1.29, 1.82) is 0 Å². The van der Waals surface area contributed by atoms with E-state index in [1.165, 1.54) is 30.6 Å². The summed E-state index contributed by atoms with van der Waals surface area (Å²) in [7, 11) is 0. The van der Waals surface area contributed by atoms with Crippen LogP contribution in [-0.2, 0) is 4.74 Å². The number of hydrogen-bond donors (Lipinski definition) is 1. The lowest BCUT2D eigenvalue weighted by molar-refractivity contribution is -0.0254. The van der Waals surface area contributed by atoms with Crippen LogP contribution in [0.5, 0.6) is 11.5 Å². The van der Waals surface area contributed by atoms with Crippen LogP contribution in [0.1, 0.15) is 65.8 Å². The van der Waals surface area contributed by atoms with Crippen molar-refractivity contribution < 1.29 is 28.6 Å². The van der Waals surface area contributed by atoms with Crippen LogP contribution in [0.2, 0.25) is 0 Å². The molecule has 0 radical (unpaired) electrons. The minimum atomic E-state index is -0.602. The summed E-state index contributed by atoms with van der Waals surface area (Å²) in [6, 6.07) is 14.5. The Kier molecular flexibility index (Phi) is 7.86. The van der Waals surface area contributed by atoms with E-state index in [1.54, 1.807) is 48.8 Å². The average molecular weight is 593 g/mol. The van der Waals surface area contributed by atoms with Crippen LogP contribution in [0.15, 0.2) is 88.6 Å². The number of aromatic hydroxyl groups is 1. The number of fused-ring (bicyclic) bond motifs is 3. The predicted molar refractivity (Wildman–Crippen MR) is 164 cm³/mol. The highest BCUT2D eigenvalue weighted by molar-refractivity contribution is 6.05. The monoisotopic (exact) mass is 592 g/mol. The fourth-order valence-electron chi connectivity index (χ4n) is 6.47. The summed E-state index contributed by atoms with van der Waals surface area (Å²) in [5.41, 5.74) is 1.23. The molecule has 1 saturated carbocycles. The molecule has 6 rings (SSSR count). The van der Waals surface area contributed by atoms with Gasteiger partial charge < -0.3 is 19.0 Å². The fourth-order valence-corrected chi connectivity index (χ4v) is 6.47. The van der Waals surface area contributed by atoms with Gasteiger partial charge in [-0.05, 0) is 84.7 Å². The molecule has 4 unspecified atom stereocenters. The number of nitrogens with zero attached hydrogens (tertiary/aromatic N) is 2. The van der Waals surface area contributed by atoms with Crippen LogP contribution in [0, 0.1) is 17.8 Å². The number of phenols is 1. The summed E-state index contributed by atoms with van der Waals surface area (Å²) in [4.78, 5) is 47.2. The lowest BCUT2D eigenvalue weighted by atomic mass is 9.66. The van der Waals surface area contributed by atoms with E-state index in [0.717, 1.165) is 18.4 Å². The van der Waals surface area contributed by atoms with E-state index in [1.807, 2.05) is 0 Å². The Bertz CT molecular complexity index is 1920. The van der Waals surface area contributed by atoms with Crippen molar-refractivity contribution in [3.8, 4) is 11.5 Å². The molecule has 9 heteroatoms. The number of rotatable bonds is 6. The molecule has 4 atom stereocenters. The number of benzene rings is 2. The maximum absolute atomic E-state index is 13.3. The third-order valence-corrected chi connectivity index (χ3v) is 8.41. The molecule has 224 valence electrons. The first kappa shape index (κ1) is 29.0. The van der Waals surface area contributed by atoms with Crippen molar-refractivity contribution in [2.75, 3.05) is 0 Å². The zero-order valence-electron chi connectivity index (χ0n) is 24.6. The smallest absolute Gasteiger partial charge is 0.345 e. The van der Waals surface area contributed by atoms with Crippen LogP contribution in [0.3, 0.4) is 0 Å². The van der Waals surface area contributed by atoms with Crippen LogP contribution in [0.4, 0.5) is 0 Å². The van der Waals surface area contributed by atoms with Crippen LogP contribution in [-0.4, -0.2) is 33.1 Å². The van der Waals surface area contributed by atoms with Crippen molar-refractivity contribution in [2.45, 2.75) is 45.6 Å². The molecule has 5 aromatic rings. The van der Waals surface area contributed by atoms with Gasteiger partial charge in [0.2, 0.25) is 0 Å². The molecule has 0 saturated heterocycles. The molecule has 1 aliphatic carbocycles. The Morgan fingerprint density at radius 2 is 1.70 bits per heavy atom. The molecule has 9 nitrogen and oxygen atoms in total. The molecule has 3 heterocycles. The number of aromatic nitrogens is 2. The first-order valence-electron chi connectivity index (χ1n) is 14.7. The second-order valence-corrected chi connectivity index (χ2v) is 11.9. The van der Waals surface area contributed by atoms with E-state index < -0.39 is 17.6 Å². The molecule has 2 aromatic carbocycles. The van der Waals surface area contributed by atoms with Gasteiger partial charge in [-0.15, -0.1) is 0 Å². The van der Waals surface area contributed by atoms with Gasteiger partial charge in [-0.25, -0.2) is 14.4 Å². The summed E-state index contributed by atoms with van der Waals surface area (Å²) in [6.45, 7) is 6.38. The number of hydrogen-bond acceptors (Lipinski definition) is 9. The van der Waals surface area contributed by atoms with E-state index in [-0.39, 0.29) is 57.8 Å². The van der Waals surface area contributed by atoms with Gasteiger partial charge in [0.1, 0.15) is 23.2 Å². The van der Waals surface area contributed by atoms with Gasteiger partial charge in [0.05, 0.1) is 16.5 Å². The second-order valence-electron chi connectivity index (χ2n) is 11.9. The molecule has 0 aliphatic heterocycles. The topological polar surface area (TPSA) is 129 Å². The molecule has 1 aliphatic rings. The van der Waals surface area contributed by atoms with Gasteiger partial charge >= 0.3 is 17.6 Å². The number of carbonyl (C=O) groups excluding carboxylic acids is 2. The molecule has 44 heavy (non-hydrogen) atoms. The quantitative estimate of drug-likeness (QED) is 0.0994. The third kappa shape index (κ3) is 5.77. The molecular formula is C35H32N2O7. The van der Waals surface area contributed by atoms with Gasteiger partial charge in [-0.2, -0.15) is 0 Å². The maximum Gasteiger partial charge on any atom is 0.345 e. The van der Waals surface area contributed by atoms with Gasteiger partial charge in [0.15, 0.2) is 0 Å². The lowest BCUT2D eigenvalue weighted by Crippen LogP contribution is -2.40. The minimum absolute atomic E-state index is 0.00774. The van der Waals surface area contributed by atoms with Gasteiger partial charge in [-0.1, -0.05) is 20.8 Å². The summed E-state index contributed by atoms with van der Waals surface area (Å²) >= 11 is 0. The van der Waals surface area contributed by atoms with Crippen molar-refractivity contribution in [2.24, 2.45) is 17.8 Å². The van der Waals surface area contributed by atoms with Crippen molar-refractivity contribution in [3.63, 3.8) is 0 Å². The van der Waals surface area contributed by atoms with E-state index in [2.05, 4.69) is 30.7 Å². The number of carbonyl (C=O) groups is 2. The van der Waals surface area contributed by atoms with E-state index >= 15 is 0 Å². The van der Waals surface area contributed by atoms with Crippen LogP contribution < -0.4 is 10.4 Å². The Labute approximate surface area is 253 Å². The third-order valence-electron chi connectivity index (χ3n) is 8.41. The molecular weight excluding hydrogens is 560 g/mol.